The molecule has 2 rings (SSSR count). The molecule has 0 bridgehead atoms. The lowest BCUT2D eigenvalue weighted by Crippen LogP contribution is -2.42. The summed E-state index contributed by atoms with van der Waals surface area (Å²) in [5.41, 5.74) is 0. The van der Waals surface area contributed by atoms with E-state index in [9.17, 15) is 18.0 Å². The van der Waals surface area contributed by atoms with Gasteiger partial charge in [-0.15, -0.1) is 0 Å². The van der Waals surface area contributed by atoms with Gasteiger partial charge in [-0.3, -0.25) is 4.79 Å². The molecule has 26 heavy (non-hydrogen) atoms. The second kappa shape index (κ2) is 8.39. The lowest BCUT2D eigenvalue weighted by atomic mass is 10.0. The summed E-state index contributed by atoms with van der Waals surface area (Å²) in [6, 6.07) is 3.27. The molecule has 2 N–H and O–H groups in total. The summed E-state index contributed by atoms with van der Waals surface area (Å²) in [6.45, 7) is 4.43. The van der Waals surface area contributed by atoms with Crippen molar-refractivity contribution >= 4 is 21.7 Å². The molecule has 8 nitrogen and oxygen atoms in total. The molecule has 1 aliphatic heterocycles. The molecule has 0 radical (unpaired) electrons. The predicted octanol–water partition coefficient (Wildman–Crippen LogP) is 1.24. The van der Waals surface area contributed by atoms with Gasteiger partial charge in [0, 0.05) is 12.5 Å². The second-order valence-corrected chi connectivity index (χ2v) is 8.57. The van der Waals surface area contributed by atoms with Crippen molar-refractivity contribution in [3.05, 3.63) is 18.2 Å². The van der Waals surface area contributed by atoms with E-state index in [4.69, 9.17) is 14.6 Å². The second-order valence-electron chi connectivity index (χ2n) is 6.46. The molecule has 1 heterocycles. The van der Waals surface area contributed by atoms with Gasteiger partial charge in [0.05, 0.1) is 10.6 Å². The Balaban J connectivity index is 1.99. The zero-order valence-corrected chi connectivity index (χ0v) is 15.5. The van der Waals surface area contributed by atoms with E-state index in [2.05, 4.69) is 5.32 Å². The summed E-state index contributed by atoms with van der Waals surface area (Å²) in [5.74, 6) is -1.26. The fraction of sp³-hybridized carbons (Fsp3) is 0.529. The van der Waals surface area contributed by atoms with Gasteiger partial charge in [0.15, 0.2) is 21.3 Å². The van der Waals surface area contributed by atoms with Crippen LogP contribution < -0.4 is 14.8 Å². The van der Waals surface area contributed by atoms with Crippen LogP contribution in [0.4, 0.5) is 0 Å². The SMILES string of the molecule is CC(C)C[C@H](NC(=O)CCS(=O)(=O)c1ccc2c(c1)OCCO2)C(=O)O. The Morgan fingerprint density at radius 2 is 1.85 bits per heavy atom. The highest BCUT2D eigenvalue weighted by Gasteiger charge is 2.24. The molecule has 0 saturated heterocycles. The van der Waals surface area contributed by atoms with Crippen LogP contribution in [-0.2, 0) is 19.4 Å². The Hall–Kier alpha value is -2.29. The number of sulfone groups is 1. The summed E-state index contributed by atoms with van der Waals surface area (Å²) in [6.07, 6.45) is -0.0470. The number of ether oxygens (including phenoxy) is 2. The summed E-state index contributed by atoms with van der Waals surface area (Å²) < 4.78 is 35.6. The zero-order valence-electron chi connectivity index (χ0n) is 14.7. The third-order valence-corrected chi connectivity index (χ3v) is 5.52. The highest BCUT2D eigenvalue weighted by molar-refractivity contribution is 7.91. The van der Waals surface area contributed by atoms with E-state index in [-0.39, 0.29) is 23.7 Å². The van der Waals surface area contributed by atoms with E-state index in [1.165, 1.54) is 18.2 Å². The lowest BCUT2D eigenvalue weighted by Gasteiger charge is -2.19. The van der Waals surface area contributed by atoms with Gasteiger partial charge in [-0.05, 0) is 24.5 Å². The van der Waals surface area contributed by atoms with Crippen LogP contribution in [-0.4, -0.2) is 50.4 Å². The molecular weight excluding hydrogens is 362 g/mol. The van der Waals surface area contributed by atoms with E-state index < -0.39 is 33.5 Å². The van der Waals surface area contributed by atoms with Crippen LogP contribution in [0.15, 0.2) is 23.1 Å². The standard InChI is InChI=1S/C17H23NO7S/c1-11(2)9-13(17(20)21)18-16(19)5-8-26(22,23)12-3-4-14-15(10-12)25-7-6-24-14/h3-4,10-11,13H,5-9H2,1-2H3,(H,18,19)(H,20,21)/t13-/m0/s1. The number of nitrogens with one attached hydrogen (secondary N) is 1. The van der Waals surface area contributed by atoms with E-state index in [1.54, 1.807) is 0 Å². The van der Waals surface area contributed by atoms with Gasteiger partial charge in [0.2, 0.25) is 5.91 Å². The van der Waals surface area contributed by atoms with Gasteiger partial charge < -0.3 is 19.9 Å². The Kier molecular flexibility index (Phi) is 6.47. The van der Waals surface area contributed by atoms with Crippen LogP contribution >= 0.6 is 0 Å². The van der Waals surface area contributed by atoms with Crippen LogP contribution in [0, 0.1) is 5.92 Å². The van der Waals surface area contributed by atoms with Gasteiger partial charge in [-0.25, -0.2) is 13.2 Å². The number of carbonyl (C=O) groups excluding carboxylic acids is 1. The molecule has 0 spiro atoms. The van der Waals surface area contributed by atoms with Crippen LogP contribution in [0.5, 0.6) is 11.5 Å². The number of rotatable bonds is 8. The molecule has 0 aliphatic carbocycles. The molecule has 1 aromatic carbocycles. The van der Waals surface area contributed by atoms with Crippen molar-refractivity contribution in [1.29, 1.82) is 0 Å². The van der Waals surface area contributed by atoms with Gasteiger partial charge in [-0.1, -0.05) is 13.8 Å². The number of aliphatic carboxylic acids is 1. The molecule has 1 aromatic rings. The van der Waals surface area contributed by atoms with Crippen molar-refractivity contribution in [2.45, 2.75) is 37.6 Å². The fourth-order valence-corrected chi connectivity index (χ4v) is 3.77. The molecule has 1 atom stereocenters. The van der Waals surface area contributed by atoms with Gasteiger partial charge in [0.25, 0.3) is 0 Å². The molecule has 1 amide bonds. The number of hydrogen-bond acceptors (Lipinski definition) is 6. The first-order valence-corrected chi connectivity index (χ1v) is 9.99. The first kappa shape index (κ1) is 20.0. The van der Waals surface area contributed by atoms with Crippen LogP contribution in [0.1, 0.15) is 26.7 Å². The number of fused-ring (bicyclic) bond motifs is 1. The van der Waals surface area contributed by atoms with Crippen molar-refractivity contribution in [3.63, 3.8) is 0 Å². The third-order valence-electron chi connectivity index (χ3n) is 3.81. The maximum Gasteiger partial charge on any atom is 0.326 e. The van der Waals surface area contributed by atoms with Gasteiger partial charge in [0.1, 0.15) is 19.3 Å². The van der Waals surface area contributed by atoms with E-state index in [0.29, 0.717) is 24.7 Å². The molecule has 0 aromatic heterocycles. The summed E-state index contributed by atoms with van der Waals surface area (Å²) in [7, 11) is -3.71. The van der Waals surface area contributed by atoms with Crippen molar-refractivity contribution in [2.24, 2.45) is 5.92 Å². The molecular formula is C17H23NO7S. The molecule has 144 valence electrons. The Morgan fingerprint density at radius 3 is 2.46 bits per heavy atom. The van der Waals surface area contributed by atoms with Crippen molar-refractivity contribution in [1.82, 2.24) is 5.32 Å². The Bertz CT molecular complexity index is 773. The average molecular weight is 385 g/mol. The largest absolute Gasteiger partial charge is 0.486 e. The maximum atomic E-state index is 12.4. The summed E-state index contributed by atoms with van der Waals surface area (Å²) in [4.78, 5) is 23.2. The molecule has 1 aliphatic rings. The Morgan fingerprint density at radius 1 is 1.19 bits per heavy atom. The summed E-state index contributed by atoms with van der Waals surface area (Å²) >= 11 is 0. The van der Waals surface area contributed by atoms with Crippen molar-refractivity contribution in [3.8, 4) is 11.5 Å². The maximum absolute atomic E-state index is 12.4. The fourth-order valence-electron chi connectivity index (χ4n) is 2.52. The van der Waals surface area contributed by atoms with Gasteiger partial charge in [-0.2, -0.15) is 0 Å². The van der Waals surface area contributed by atoms with E-state index in [0.717, 1.165) is 0 Å². The first-order chi connectivity index (χ1) is 12.2. The van der Waals surface area contributed by atoms with Gasteiger partial charge >= 0.3 is 5.97 Å². The molecule has 0 fully saturated rings. The number of benzene rings is 1. The first-order valence-electron chi connectivity index (χ1n) is 8.33. The minimum absolute atomic E-state index is 0.0338. The molecule has 9 heteroatoms. The highest BCUT2D eigenvalue weighted by Crippen LogP contribution is 2.32. The van der Waals surface area contributed by atoms with Crippen molar-refractivity contribution in [2.75, 3.05) is 19.0 Å². The molecule has 0 saturated carbocycles. The highest BCUT2D eigenvalue weighted by atomic mass is 32.2. The van der Waals surface area contributed by atoms with Crippen LogP contribution in [0.2, 0.25) is 0 Å². The molecule has 0 unspecified atom stereocenters. The third kappa shape index (κ3) is 5.35. The quantitative estimate of drug-likeness (QED) is 0.691. The van der Waals surface area contributed by atoms with Crippen molar-refractivity contribution < 1.29 is 32.6 Å². The summed E-state index contributed by atoms with van der Waals surface area (Å²) in [5, 5.41) is 11.5. The smallest absolute Gasteiger partial charge is 0.326 e. The Labute approximate surface area is 152 Å². The number of carbonyl (C=O) groups is 2. The van der Waals surface area contributed by atoms with Crippen LogP contribution in [0.3, 0.4) is 0 Å². The zero-order chi connectivity index (χ0) is 19.3. The number of amides is 1. The number of carboxylic acids is 1. The number of carboxylic acid groups (broad SMARTS) is 1. The number of hydrogen-bond donors (Lipinski definition) is 2. The monoisotopic (exact) mass is 385 g/mol. The minimum atomic E-state index is -3.71. The normalized spacial score (nSPS) is 14.7. The van der Waals surface area contributed by atoms with E-state index >= 15 is 0 Å². The van der Waals surface area contributed by atoms with E-state index in [1.807, 2.05) is 13.8 Å². The minimum Gasteiger partial charge on any atom is -0.486 e. The average Bonchev–Trinajstić information content (AvgIpc) is 2.58. The topological polar surface area (TPSA) is 119 Å². The predicted molar refractivity (Wildman–Crippen MR) is 93.1 cm³/mol. The lowest BCUT2D eigenvalue weighted by molar-refractivity contribution is -0.142. The van der Waals surface area contributed by atoms with Crippen LogP contribution in [0.25, 0.3) is 0 Å².